The van der Waals surface area contributed by atoms with Gasteiger partial charge in [-0.25, -0.2) is 4.98 Å². The molecule has 1 unspecified atom stereocenters. The van der Waals surface area contributed by atoms with Crippen LogP contribution in [0.25, 0.3) is 0 Å². The number of nitrogens with zero attached hydrogens (tertiary/aromatic N) is 2. The quantitative estimate of drug-likeness (QED) is 0.795. The van der Waals surface area contributed by atoms with E-state index in [-0.39, 0.29) is 6.10 Å². The standard InChI is InChI=1S/C9H16N2OS/c1-7(12)4-11(3)5-9-6-13-8(2)10-9/h6-7,12H,4-5H2,1-3H3. The van der Waals surface area contributed by atoms with Gasteiger partial charge in [0.05, 0.1) is 16.8 Å². The lowest BCUT2D eigenvalue weighted by atomic mass is 10.3. The second kappa shape index (κ2) is 4.69. The van der Waals surface area contributed by atoms with Crippen molar-refractivity contribution >= 4 is 11.3 Å². The van der Waals surface area contributed by atoms with Crippen LogP contribution in [0, 0.1) is 6.92 Å². The molecule has 1 aromatic rings. The lowest BCUT2D eigenvalue weighted by Crippen LogP contribution is -2.26. The lowest BCUT2D eigenvalue weighted by molar-refractivity contribution is 0.138. The van der Waals surface area contributed by atoms with Crippen molar-refractivity contribution in [2.75, 3.05) is 13.6 Å². The molecule has 0 spiro atoms. The minimum Gasteiger partial charge on any atom is -0.392 e. The Hall–Kier alpha value is -0.450. The monoisotopic (exact) mass is 200 g/mol. The molecule has 0 aliphatic rings. The van der Waals surface area contributed by atoms with Crippen LogP contribution in [-0.2, 0) is 6.54 Å². The van der Waals surface area contributed by atoms with E-state index in [1.165, 1.54) is 0 Å². The van der Waals surface area contributed by atoms with Gasteiger partial charge in [-0.15, -0.1) is 11.3 Å². The normalized spacial score (nSPS) is 13.6. The van der Waals surface area contributed by atoms with E-state index in [1.807, 2.05) is 14.0 Å². The average molecular weight is 200 g/mol. The van der Waals surface area contributed by atoms with Crippen LogP contribution < -0.4 is 0 Å². The first kappa shape index (κ1) is 10.6. The van der Waals surface area contributed by atoms with E-state index >= 15 is 0 Å². The molecule has 1 atom stereocenters. The minimum atomic E-state index is -0.273. The van der Waals surface area contributed by atoms with Gasteiger partial charge >= 0.3 is 0 Å². The Bertz CT molecular complexity index is 260. The molecule has 74 valence electrons. The molecular weight excluding hydrogens is 184 g/mol. The highest BCUT2D eigenvalue weighted by Gasteiger charge is 2.05. The molecule has 0 saturated carbocycles. The molecule has 1 heterocycles. The van der Waals surface area contributed by atoms with E-state index in [4.69, 9.17) is 5.11 Å². The first-order valence-corrected chi connectivity index (χ1v) is 5.23. The van der Waals surface area contributed by atoms with Crippen LogP contribution >= 0.6 is 11.3 Å². The Labute approximate surface area is 83.0 Å². The summed E-state index contributed by atoms with van der Waals surface area (Å²) >= 11 is 1.66. The van der Waals surface area contributed by atoms with E-state index in [0.717, 1.165) is 17.2 Å². The van der Waals surface area contributed by atoms with Crippen molar-refractivity contribution in [2.24, 2.45) is 0 Å². The molecule has 1 N–H and O–H groups in total. The van der Waals surface area contributed by atoms with Crippen molar-refractivity contribution in [1.82, 2.24) is 9.88 Å². The Morgan fingerprint density at radius 2 is 2.38 bits per heavy atom. The van der Waals surface area contributed by atoms with Gasteiger partial charge in [0.25, 0.3) is 0 Å². The van der Waals surface area contributed by atoms with Gasteiger partial charge < -0.3 is 5.11 Å². The third-order valence-corrected chi connectivity index (χ3v) is 2.50. The molecule has 4 heteroatoms. The van der Waals surface area contributed by atoms with E-state index in [1.54, 1.807) is 18.3 Å². The highest BCUT2D eigenvalue weighted by Crippen LogP contribution is 2.09. The summed E-state index contributed by atoms with van der Waals surface area (Å²) in [5.74, 6) is 0. The molecule has 13 heavy (non-hydrogen) atoms. The smallest absolute Gasteiger partial charge is 0.0897 e. The fraction of sp³-hybridized carbons (Fsp3) is 0.667. The van der Waals surface area contributed by atoms with Crippen LogP contribution in [0.5, 0.6) is 0 Å². The summed E-state index contributed by atoms with van der Waals surface area (Å²) in [6.45, 7) is 5.30. The van der Waals surface area contributed by atoms with Crippen molar-refractivity contribution in [1.29, 1.82) is 0 Å². The Morgan fingerprint density at radius 3 is 2.85 bits per heavy atom. The second-order valence-corrected chi connectivity index (χ2v) is 4.47. The maximum atomic E-state index is 9.15. The van der Waals surface area contributed by atoms with Crippen molar-refractivity contribution in [3.8, 4) is 0 Å². The Morgan fingerprint density at radius 1 is 1.69 bits per heavy atom. The second-order valence-electron chi connectivity index (χ2n) is 3.40. The van der Waals surface area contributed by atoms with Gasteiger partial charge in [-0.1, -0.05) is 0 Å². The van der Waals surface area contributed by atoms with Crippen LogP contribution in [0.3, 0.4) is 0 Å². The van der Waals surface area contributed by atoms with Gasteiger partial charge in [-0.2, -0.15) is 0 Å². The molecule has 0 aromatic carbocycles. The number of aryl methyl sites for hydroxylation is 1. The molecule has 0 bridgehead atoms. The summed E-state index contributed by atoms with van der Waals surface area (Å²) < 4.78 is 0. The van der Waals surface area contributed by atoms with Crippen molar-refractivity contribution < 1.29 is 5.11 Å². The molecule has 0 fully saturated rings. The average Bonchev–Trinajstić information content (AvgIpc) is 2.33. The van der Waals surface area contributed by atoms with E-state index in [0.29, 0.717) is 6.54 Å². The summed E-state index contributed by atoms with van der Waals surface area (Å²) in [7, 11) is 1.99. The number of aliphatic hydroxyl groups is 1. The largest absolute Gasteiger partial charge is 0.392 e. The van der Waals surface area contributed by atoms with Gasteiger partial charge in [0.2, 0.25) is 0 Å². The van der Waals surface area contributed by atoms with Gasteiger partial charge in [0.1, 0.15) is 0 Å². The summed E-state index contributed by atoms with van der Waals surface area (Å²) in [5.41, 5.74) is 1.09. The predicted molar refractivity (Wildman–Crippen MR) is 54.9 cm³/mol. The third kappa shape index (κ3) is 3.85. The minimum absolute atomic E-state index is 0.273. The van der Waals surface area contributed by atoms with Crippen molar-refractivity contribution in [2.45, 2.75) is 26.5 Å². The van der Waals surface area contributed by atoms with E-state index in [2.05, 4.69) is 15.3 Å². The molecule has 0 saturated heterocycles. The van der Waals surface area contributed by atoms with Crippen LogP contribution in [-0.4, -0.2) is 34.7 Å². The summed E-state index contributed by atoms with van der Waals surface area (Å²) in [6.07, 6.45) is -0.273. The van der Waals surface area contributed by atoms with Gasteiger partial charge in [-0.05, 0) is 20.9 Å². The molecule has 1 aromatic heterocycles. The van der Waals surface area contributed by atoms with Crippen LogP contribution in [0.1, 0.15) is 17.6 Å². The van der Waals surface area contributed by atoms with Crippen LogP contribution in [0.2, 0.25) is 0 Å². The maximum Gasteiger partial charge on any atom is 0.0897 e. The fourth-order valence-corrected chi connectivity index (χ4v) is 1.88. The van der Waals surface area contributed by atoms with Crippen molar-refractivity contribution in [3.63, 3.8) is 0 Å². The van der Waals surface area contributed by atoms with Crippen molar-refractivity contribution in [3.05, 3.63) is 16.1 Å². The predicted octanol–water partition coefficient (Wildman–Crippen LogP) is 1.26. The number of aromatic nitrogens is 1. The van der Waals surface area contributed by atoms with E-state index in [9.17, 15) is 0 Å². The molecule has 0 aliphatic heterocycles. The number of rotatable bonds is 4. The molecule has 0 radical (unpaired) electrons. The van der Waals surface area contributed by atoms with Crippen LogP contribution in [0.4, 0.5) is 0 Å². The molecule has 0 aliphatic carbocycles. The maximum absolute atomic E-state index is 9.15. The molecule has 1 rings (SSSR count). The zero-order valence-corrected chi connectivity index (χ0v) is 9.14. The number of likely N-dealkylation sites (N-methyl/N-ethyl adjacent to an activating group) is 1. The summed E-state index contributed by atoms with van der Waals surface area (Å²) in [5, 5.41) is 12.3. The number of hydrogen-bond donors (Lipinski definition) is 1. The first-order chi connectivity index (χ1) is 6.08. The molecule has 0 amide bonds. The zero-order chi connectivity index (χ0) is 9.84. The lowest BCUT2D eigenvalue weighted by Gasteiger charge is -2.16. The Balaban J connectivity index is 2.40. The SMILES string of the molecule is Cc1nc(CN(C)CC(C)O)cs1. The highest BCUT2D eigenvalue weighted by atomic mass is 32.1. The number of thiazole rings is 1. The van der Waals surface area contributed by atoms with Gasteiger partial charge in [0.15, 0.2) is 0 Å². The summed E-state index contributed by atoms with van der Waals surface area (Å²) in [4.78, 5) is 6.42. The topological polar surface area (TPSA) is 36.4 Å². The van der Waals surface area contributed by atoms with Crippen LogP contribution in [0.15, 0.2) is 5.38 Å². The first-order valence-electron chi connectivity index (χ1n) is 4.35. The highest BCUT2D eigenvalue weighted by molar-refractivity contribution is 7.09. The number of hydrogen-bond acceptors (Lipinski definition) is 4. The summed E-state index contributed by atoms with van der Waals surface area (Å²) in [6, 6.07) is 0. The van der Waals surface area contributed by atoms with Gasteiger partial charge in [0, 0.05) is 18.5 Å². The Kier molecular flexibility index (Phi) is 3.84. The number of aliphatic hydroxyl groups excluding tert-OH is 1. The van der Waals surface area contributed by atoms with E-state index < -0.39 is 0 Å². The van der Waals surface area contributed by atoms with Gasteiger partial charge in [-0.3, -0.25) is 4.90 Å². The zero-order valence-electron chi connectivity index (χ0n) is 8.32. The molecule has 3 nitrogen and oxygen atoms in total. The third-order valence-electron chi connectivity index (χ3n) is 1.67. The fourth-order valence-electron chi connectivity index (χ4n) is 1.27. The molecular formula is C9H16N2OS.